The molecule has 0 aliphatic rings. The lowest BCUT2D eigenvalue weighted by molar-refractivity contribution is 0.132. The van der Waals surface area contributed by atoms with Gasteiger partial charge >= 0.3 is 6.09 Å². The molecule has 6 nitrogen and oxygen atoms in total. The van der Waals surface area contributed by atoms with Crippen molar-refractivity contribution in [1.29, 1.82) is 0 Å². The van der Waals surface area contributed by atoms with E-state index in [4.69, 9.17) is 4.74 Å². The van der Waals surface area contributed by atoms with E-state index in [9.17, 15) is 13.2 Å². The lowest BCUT2D eigenvalue weighted by Crippen LogP contribution is -2.36. The molecule has 0 saturated carbocycles. The number of benzene rings is 1. The van der Waals surface area contributed by atoms with Crippen molar-refractivity contribution < 1.29 is 22.1 Å². The van der Waals surface area contributed by atoms with Crippen LogP contribution in [0.4, 0.5) is 4.79 Å². The Labute approximate surface area is 112 Å². The number of alkyl carbamates (subject to hydrolysis) is 1. The second-order valence-corrected chi connectivity index (χ2v) is 5.74. The fourth-order valence-electron chi connectivity index (χ4n) is 1.23. The van der Waals surface area contributed by atoms with Crippen LogP contribution in [0.3, 0.4) is 0 Å². The molecule has 0 heterocycles. The van der Waals surface area contributed by atoms with Crippen LogP contribution in [0, 0.1) is 0 Å². The Bertz CT molecular complexity index is 500. The molecule has 0 saturated heterocycles. The highest BCUT2D eigenvalue weighted by atomic mass is 32.2. The summed E-state index contributed by atoms with van der Waals surface area (Å²) in [5, 5.41) is 2.47. The van der Waals surface area contributed by atoms with Crippen LogP contribution in [0.25, 0.3) is 0 Å². The minimum Gasteiger partial charge on any atom is -0.445 e. The van der Waals surface area contributed by atoms with Gasteiger partial charge in [-0.2, -0.15) is 8.42 Å². The van der Waals surface area contributed by atoms with Gasteiger partial charge in [0.05, 0.1) is 18.9 Å². The van der Waals surface area contributed by atoms with Crippen LogP contribution in [-0.4, -0.2) is 33.4 Å². The third-order valence-corrected chi connectivity index (χ3v) is 2.67. The molecule has 106 valence electrons. The van der Waals surface area contributed by atoms with Gasteiger partial charge in [0, 0.05) is 0 Å². The predicted molar refractivity (Wildman–Crippen MR) is 70.0 cm³/mol. The highest BCUT2D eigenvalue weighted by Gasteiger charge is 2.11. The van der Waals surface area contributed by atoms with Gasteiger partial charge in [-0.3, -0.25) is 4.18 Å². The summed E-state index contributed by atoms with van der Waals surface area (Å²) in [6.45, 7) is 1.65. The summed E-state index contributed by atoms with van der Waals surface area (Å²) in [6.07, 6.45) is 0.335. The van der Waals surface area contributed by atoms with E-state index in [1.54, 1.807) is 6.92 Å². The molecule has 1 N–H and O–H groups in total. The summed E-state index contributed by atoms with van der Waals surface area (Å²) < 4.78 is 31.1. The first-order chi connectivity index (χ1) is 8.87. The molecule has 0 spiro atoms. The van der Waals surface area contributed by atoms with Gasteiger partial charge in [-0.15, -0.1) is 0 Å². The van der Waals surface area contributed by atoms with E-state index in [-0.39, 0.29) is 13.2 Å². The topological polar surface area (TPSA) is 81.7 Å². The van der Waals surface area contributed by atoms with Crippen molar-refractivity contribution in [2.24, 2.45) is 0 Å². The second-order valence-electron chi connectivity index (χ2n) is 4.10. The minimum absolute atomic E-state index is 0.126. The van der Waals surface area contributed by atoms with Crippen molar-refractivity contribution in [2.45, 2.75) is 19.6 Å². The van der Waals surface area contributed by atoms with Crippen LogP contribution in [0.2, 0.25) is 0 Å². The zero-order chi connectivity index (χ0) is 14.3. The Kier molecular flexibility index (Phi) is 5.78. The zero-order valence-electron chi connectivity index (χ0n) is 10.8. The van der Waals surface area contributed by atoms with E-state index in [0.717, 1.165) is 11.8 Å². The number of hydrogen-bond donors (Lipinski definition) is 1. The normalized spacial score (nSPS) is 12.7. The molecular formula is C12H17NO5S. The first-order valence-corrected chi connectivity index (χ1v) is 7.50. The van der Waals surface area contributed by atoms with Crippen molar-refractivity contribution in [3.63, 3.8) is 0 Å². The van der Waals surface area contributed by atoms with Crippen LogP contribution < -0.4 is 5.32 Å². The van der Waals surface area contributed by atoms with Gasteiger partial charge in [0.15, 0.2) is 0 Å². The standard InChI is InChI=1S/C12H17NO5S/c1-10(8-18-19(2,15)16)13-12(14)17-9-11-6-4-3-5-7-11/h3-7,10H,8-9H2,1-2H3,(H,13,14)/t10-/m1/s1. The molecule has 19 heavy (non-hydrogen) atoms. The van der Waals surface area contributed by atoms with E-state index >= 15 is 0 Å². The van der Waals surface area contributed by atoms with Crippen molar-refractivity contribution in [3.05, 3.63) is 35.9 Å². The summed E-state index contributed by atoms with van der Waals surface area (Å²) in [6, 6.07) is 8.78. The largest absolute Gasteiger partial charge is 0.445 e. The predicted octanol–water partition coefficient (Wildman–Crippen LogP) is 1.28. The molecule has 1 aromatic carbocycles. The number of carbonyl (C=O) groups is 1. The quantitative estimate of drug-likeness (QED) is 0.797. The van der Waals surface area contributed by atoms with Crippen molar-refractivity contribution in [2.75, 3.05) is 12.9 Å². The number of amides is 1. The Morgan fingerprint density at radius 3 is 2.53 bits per heavy atom. The number of ether oxygens (including phenoxy) is 1. The molecule has 0 radical (unpaired) electrons. The third kappa shape index (κ3) is 7.43. The summed E-state index contributed by atoms with van der Waals surface area (Å²) in [4.78, 5) is 11.4. The Hall–Kier alpha value is -1.60. The molecule has 0 bridgehead atoms. The molecule has 1 aromatic rings. The van der Waals surface area contributed by atoms with Gasteiger partial charge in [0.2, 0.25) is 0 Å². The Morgan fingerprint density at radius 1 is 1.32 bits per heavy atom. The van der Waals surface area contributed by atoms with E-state index in [2.05, 4.69) is 9.50 Å². The lowest BCUT2D eigenvalue weighted by atomic mass is 10.2. The Morgan fingerprint density at radius 2 is 1.95 bits per heavy atom. The smallest absolute Gasteiger partial charge is 0.407 e. The van der Waals surface area contributed by atoms with Gasteiger partial charge in [-0.1, -0.05) is 30.3 Å². The van der Waals surface area contributed by atoms with Gasteiger partial charge in [0.25, 0.3) is 10.1 Å². The SMILES string of the molecule is C[C@H](COS(C)(=O)=O)NC(=O)OCc1ccccc1. The van der Waals surface area contributed by atoms with Crippen LogP contribution >= 0.6 is 0 Å². The monoisotopic (exact) mass is 287 g/mol. The second kappa shape index (κ2) is 7.10. The number of carbonyl (C=O) groups excluding carboxylic acids is 1. The summed E-state index contributed by atoms with van der Waals surface area (Å²) >= 11 is 0. The first kappa shape index (κ1) is 15.5. The van der Waals surface area contributed by atoms with Crippen LogP contribution in [0.5, 0.6) is 0 Å². The van der Waals surface area contributed by atoms with E-state index in [0.29, 0.717) is 0 Å². The maximum Gasteiger partial charge on any atom is 0.407 e. The molecule has 1 amide bonds. The molecule has 1 rings (SSSR count). The molecule has 1 atom stereocenters. The van der Waals surface area contributed by atoms with Crippen LogP contribution in [0.15, 0.2) is 30.3 Å². The van der Waals surface area contributed by atoms with Crippen molar-refractivity contribution in [1.82, 2.24) is 5.32 Å². The average Bonchev–Trinajstić information content (AvgIpc) is 2.34. The molecular weight excluding hydrogens is 270 g/mol. The number of rotatable bonds is 6. The highest BCUT2D eigenvalue weighted by Crippen LogP contribution is 2.01. The maximum absolute atomic E-state index is 11.4. The summed E-state index contributed by atoms with van der Waals surface area (Å²) in [5.74, 6) is 0. The van der Waals surface area contributed by atoms with Gasteiger partial charge in [-0.25, -0.2) is 4.79 Å². The molecule has 0 aliphatic heterocycles. The third-order valence-electron chi connectivity index (χ3n) is 2.11. The van der Waals surface area contributed by atoms with E-state index in [1.807, 2.05) is 30.3 Å². The van der Waals surface area contributed by atoms with E-state index in [1.165, 1.54) is 0 Å². The van der Waals surface area contributed by atoms with Crippen LogP contribution in [0.1, 0.15) is 12.5 Å². The molecule has 0 fully saturated rings. The molecule has 0 unspecified atom stereocenters. The van der Waals surface area contributed by atoms with Crippen LogP contribution in [-0.2, 0) is 25.6 Å². The lowest BCUT2D eigenvalue weighted by Gasteiger charge is -2.13. The summed E-state index contributed by atoms with van der Waals surface area (Å²) in [7, 11) is -3.50. The first-order valence-electron chi connectivity index (χ1n) is 5.68. The number of nitrogens with one attached hydrogen (secondary N) is 1. The fraction of sp³-hybridized carbons (Fsp3) is 0.417. The average molecular weight is 287 g/mol. The van der Waals surface area contributed by atoms with Crippen molar-refractivity contribution >= 4 is 16.2 Å². The minimum atomic E-state index is -3.50. The zero-order valence-corrected chi connectivity index (χ0v) is 11.6. The molecule has 7 heteroatoms. The van der Waals surface area contributed by atoms with Gasteiger partial charge in [-0.05, 0) is 12.5 Å². The molecule has 0 aromatic heterocycles. The fourth-order valence-corrected chi connectivity index (χ4v) is 1.68. The highest BCUT2D eigenvalue weighted by molar-refractivity contribution is 7.85. The number of hydrogen-bond acceptors (Lipinski definition) is 5. The molecule has 0 aliphatic carbocycles. The van der Waals surface area contributed by atoms with E-state index < -0.39 is 22.3 Å². The Balaban J connectivity index is 2.27. The maximum atomic E-state index is 11.4. The van der Waals surface area contributed by atoms with Crippen molar-refractivity contribution in [3.8, 4) is 0 Å². The van der Waals surface area contributed by atoms with Gasteiger partial charge in [0.1, 0.15) is 6.61 Å². The van der Waals surface area contributed by atoms with Gasteiger partial charge < -0.3 is 10.1 Å². The summed E-state index contributed by atoms with van der Waals surface area (Å²) in [5.41, 5.74) is 0.873.